The topological polar surface area (TPSA) is 42.0 Å². The lowest BCUT2D eigenvalue weighted by Crippen LogP contribution is -2.15. The van der Waals surface area contributed by atoms with E-state index < -0.39 is 5.82 Å². The van der Waals surface area contributed by atoms with Crippen LogP contribution in [0.1, 0.15) is 20.3 Å². The van der Waals surface area contributed by atoms with Gasteiger partial charge in [-0.2, -0.15) is 0 Å². The molecule has 5 heteroatoms. The van der Waals surface area contributed by atoms with Crippen LogP contribution in [-0.4, -0.2) is 10.9 Å². The summed E-state index contributed by atoms with van der Waals surface area (Å²) in [4.78, 5) is 15.2. The van der Waals surface area contributed by atoms with Crippen LogP contribution in [0.5, 0.6) is 0 Å². The van der Waals surface area contributed by atoms with E-state index in [0.29, 0.717) is 16.7 Å². The zero-order chi connectivity index (χ0) is 11.4. The molecule has 0 bridgehead atoms. The molecule has 0 aliphatic rings. The van der Waals surface area contributed by atoms with Gasteiger partial charge >= 0.3 is 0 Å². The number of nitrogens with zero attached hydrogens (tertiary/aromatic N) is 1. The van der Waals surface area contributed by atoms with Crippen LogP contribution in [0.2, 0.25) is 0 Å². The van der Waals surface area contributed by atoms with Crippen molar-refractivity contribution in [1.29, 1.82) is 0 Å². The molecule has 1 N–H and O–H groups in total. The maximum atomic E-state index is 12.7. The number of rotatable bonds is 3. The van der Waals surface area contributed by atoms with Gasteiger partial charge in [-0.15, -0.1) is 0 Å². The normalized spacial score (nSPS) is 10.5. The lowest BCUT2D eigenvalue weighted by Gasteiger charge is -2.07. The lowest BCUT2D eigenvalue weighted by molar-refractivity contribution is -0.116. The average Bonchev–Trinajstić information content (AvgIpc) is 2.08. The van der Waals surface area contributed by atoms with Crippen LogP contribution in [-0.2, 0) is 4.79 Å². The van der Waals surface area contributed by atoms with E-state index in [4.69, 9.17) is 0 Å². The maximum Gasteiger partial charge on any atom is 0.225 e. The van der Waals surface area contributed by atoms with Gasteiger partial charge < -0.3 is 5.32 Å². The Balaban J connectivity index is 2.68. The number of hydrogen-bond acceptors (Lipinski definition) is 2. The van der Waals surface area contributed by atoms with Crippen molar-refractivity contribution in [3.63, 3.8) is 0 Å². The van der Waals surface area contributed by atoms with Crippen LogP contribution in [0.4, 0.5) is 10.2 Å². The van der Waals surface area contributed by atoms with Gasteiger partial charge in [-0.25, -0.2) is 9.37 Å². The third kappa shape index (κ3) is 3.95. The summed E-state index contributed by atoms with van der Waals surface area (Å²) in [5.74, 6) is 0.0693. The van der Waals surface area contributed by atoms with E-state index in [2.05, 4.69) is 26.2 Å². The molecule has 0 atom stereocenters. The van der Waals surface area contributed by atoms with Gasteiger partial charge in [-0.05, 0) is 27.9 Å². The summed E-state index contributed by atoms with van der Waals surface area (Å²) in [6, 6.07) is 1.26. The number of hydrogen-bond donors (Lipinski definition) is 1. The second-order valence-corrected chi connectivity index (χ2v) is 4.48. The Labute approximate surface area is 96.2 Å². The van der Waals surface area contributed by atoms with Gasteiger partial charge in [0.2, 0.25) is 5.91 Å². The fraction of sp³-hybridized carbons (Fsp3) is 0.400. The van der Waals surface area contributed by atoms with Gasteiger partial charge in [0.1, 0.15) is 11.6 Å². The summed E-state index contributed by atoms with van der Waals surface area (Å²) in [6.07, 6.45) is 1.49. The van der Waals surface area contributed by atoms with Crippen molar-refractivity contribution >= 4 is 27.7 Å². The van der Waals surface area contributed by atoms with Crippen LogP contribution in [0.15, 0.2) is 16.7 Å². The van der Waals surface area contributed by atoms with Crippen molar-refractivity contribution in [2.24, 2.45) is 5.92 Å². The quantitative estimate of drug-likeness (QED) is 0.921. The van der Waals surface area contributed by atoms with Crippen molar-refractivity contribution in [1.82, 2.24) is 4.98 Å². The van der Waals surface area contributed by atoms with E-state index in [9.17, 15) is 9.18 Å². The van der Waals surface area contributed by atoms with E-state index in [1.54, 1.807) is 0 Å². The number of carbonyl (C=O) groups is 1. The molecule has 0 aliphatic heterocycles. The molecule has 1 rings (SSSR count). The third-order valence-electron chi connectivity index (χ3n) is 1.66. The smallest absolute Gasteiger partial charge is 0.225 e. The van der Waals surface area contributed by atoms with Gasteiger partial charge in [0.25, 0.3) is 0 Å². The molecule has 1 heterocycles. The molecule has 0 radical (unpaired) electrons. The highest BCUT2D eigenvalue weighted by Crippen LogP contribution is 2.20. The van der Waals surface area contributed by atoms with E-state index in [1.807, 2.05) is 13.8 Å². The molecule has 3 nitrogen and oxygen atoms in total. The standard InChI is InChI=1S/C10H12BrFN2O/c1-6(2)3-9(15)14-10-8(11)4-7(12)5-13-10/h4-6H,3H2,1-2H3,(H,13,14,15). The maximum absolute atomic E-state index is 12.7. The zero-order valence-corrected chi connectivity index (χ0v) is 10.1. The van der Waals surface area contributed by atoms with Gasteiger partial charge in [0, 0.05) is 6.42 Å². The molecule has 1 amide bonds. The highest BCUT2D eigenvalue weighted by molar-refractivity contribution is 9.10. The Morgan fingerprint density at radius 1 is 1.67 bits per heavy atom. The summed E-state index contributed by atoms with van der Waals surface area (Å²) in [5.41, 5.74) is 0. The highest BCUT2D eigenvalue weighted by Gasteiger charge is 2.09. The lowest BCUT2D eigenvalue weighted by atomic mass is 10.1. The van der Waals surface area contributed by atoms with Crippen LogP contribution >= 0.6 is 15.9 Å². The number of amides is 1. The van der Waals surface area contributed by atoms with Gasteiger partial charge in [-0.3, -0.25) is 4.79 Å². The molecule has 0 unspecified atom stereocenters. The molecule has 15 heavy (non-hydrogen) atoms. The predicted molar refractivity (Wildman–Crippen MR) is 60.0 cm³/mol. The number of carbonyl (C=O) groups excluding carboxylic acids is 1. The van der Waals surface area contributed by atoms with Gasteiger partial charge in [-0.1, -0.05) is 13.8 Å². The van der Waals surface area contributed by atoms with Crippen molar-refractivity contribution in [3.8, 4) is 0 Å². The molecular formula is C10H12BrFN2O. The molecule has 82 valence electrons. The average molecular weight is 275 g/mol. The second kappa shape index (κ2) is 5.21. The van der Waals surface area contributed by atoms with Crippen LogP contribution < -0.4 is 5.32 Å². The molecule has 0 aromatic carbocycles. The number of nitrogens with one attached hydrogen (secondary N) is 1. The van der Waals surface area contributed by atoms with Gasteiger partial charge in [0.05, 0.1) is 10.7 Å². The van der Waals surface area contributed by atoms with Crippen molar-refractivity contribution in [2.45, 2.75) is 20.3 Å². The number of anilines is 1. The monoisotopic (exact) mass is 274 g/mol. The first-order valence-electron chi connectivity index (χ1n) is 4.60. The number of pyridine rings is 1. The Bertz CT molecular complexity index is 368. The van der Waals surface area contributed by atoms with Crippen LogP contribution in [0, 0.1) is 11.7 Å². The molecular weight excluding hydrogens is 263 g/mol. The van der Waals surface area contributed by atoms with Crippen LogP contribution in [0.25, 0.3) is 0 Å². The first-order valence-corrected chi connectivity index (χ1v) is 5.39. The molecule has 1 aromatic heterocycles. The van der Waals surface area contributed by atoms with E-state index in [0.717, 1.165) is 6.20 Å². The SMILES string of the molecule is CC(C)CC(=O)Nc1ncc(F)cc1Br. The Hall–Kier alpha value is -0.970. The summed E-state index contributed by atoms with van der Waals surface area (Å²) in [5, 5.41) is 2.61. The minimum atomic E-state index is -0.441. The first-order chi connectivity index (χ1) is 6.99. The molecule has 0 saturated carbocycles. The molecule has 0 saturated heterocycles. The Morgan fingerprint density at radius 2 is 2.33 bits per heavy atom. The largest absolute Gasteiger partial charge is 0.310 e. The molecule has 1 aromatic rings. The first kappa shape index (κ1) is 12.1. The molecule has 0 fully saturated rings. The third-order valence-corrected chi connectivity index (χ3v) is 2.26. The predicted octanol–water partition coefficient (Wildman–Crippen LogP) is 2.97. The van der Waals surface area contributed by atoms with Crippen molar-refractivity contribution < 1.29 is 9.18 Å². The van der Waals surface area contributed by atoms with E-state index in [-0.39, 0.29) is 11.8 Å². The van der Waals surface area contributed by atoms with Gasteiger partial charge in [0.15, 0.2) is 0 Å². The summed E-state index contributed by atoms with van der Waals surface area (Å²) in [6.45, 7) is 3.90. The fourth-order valence-corrected chi connectivity index (χ4v) is 1.48. The number of aromatic nitrogens is 1. The van der Waals surface area contributed by atoms with Crippen LogP contribution in [0.3, 0.4) is 0 Å². The Morgan fingerprint density at radius 3 is 2.87 bits per heavy atom. The van der Waals surface area contributed by atoms with Crippen molar-refractivity contribution in [3.05, 3.63) is 22.6 Å². The minimum Gasteiger partial charge on any atom is -0.310 e. The summed E-state index contributed by atoms with van der Waals surface area (Å²) < 4.78 is 13.1. The zero-order valence-electron chi connectivity index (χ0n) is 8.55. The number of halogens is 2. The fourth-order valence-electron chi connectivity index (χ4n) is 1.06. The molecule has 0 aliphatic carbocycles. The second-order valence-electron chi connectivity index (χ2n) is 3.63. The van der Waals surface area contributed by atoms with E-state index in [1.165, 1.54) is 6.07 Å². The molecule has 0 spiro atoms. The minimum absolute atomic E-state index is 0.121. The summed E-state index contributed by atoms with van der Waals surface area (Å²) in [7, 11) is 0. The Kier molecular flexibility index (Phi) is 4.20. The summed E-state index contributed by atoms with van der Waals surface area (Å²) >= 11 is 3.12. The van der Waals surface area contributed by atoms with E-state index >= 15 is 0 Å². The van der Waals surface area contributed by atoms with Crippen molar-refractivity contribution in [2.75, 3.05) is 5.32 Å². The highest BCUT2D eigenvalue weighted by atomic mass is 79.9.